The second-order valence-corrected chi connectivity index (χ2v) is 8.40. The molecule has 0 saturated heterocycles. The number of benzene rings is 2. The van der Waals surface area contributed by atoms with E-state index < -0.39 is 41.7 Å². The van der Waals surface area contributed by atoms with E-state index in [1.807, 2.05) is 6.92 Å². The van der Waals surface area contributed by atoms with Crippen LogP contribution in [0.25, 0.3) is 0 Å². The summed E-state index contributed by atoms with van der Waals surface area (Å²) in [6.45, 7) is 2.41. The van der Waals surface area contributed by atoms with E-state index in [-0.39, 0.29) is 19.6 Å². The lowest BCUT2D eigenvalue weighted by molar-refractivity contribution is -0.137. The minimum absolute atomic E-state index is 0.0664. The molecule has 3 aromatic rings. The van der Waals surface area contributed by atoms with Crippen LogP contribution in [0.2, 0.25) is 0 Å². The Kier molecular flexibility index (Phi) is 10.3. The van der Waals surface area contributed by atoms with Crippen LogP contribution in [-0.2, 0) is 28.8 Å². The molecule has 7 nitrogen and oxygen atoms in total. The number of nitrogens with one attached hydrogen (secondary N) is 1. The standard InChI is InChI=1S/C27H29F4N3O4/c1-2-37-15-6-14-33(26(36)32-24-9-4-3-8-23(24)27(29,30)31)19-25(35)34(18-22-7-5-16-38-22)17-20-10-12-21(28)13-11-20/h3-5,7-13,16H,2,6,14-15,17-19H2,1H3,(H,32,36). The number of urea groups is 1. The van der Waals surface area contributed by atoms with Gasteiger partial charge >= 0.3 is 12.2 Å². The van der Waals surface area contributed by atoms with E-state index in [1.54, 1.807) is 24.3 Å². The summed E-state index contributed by atoms with van der Waals surface area (Å²) in [7, 11) is 0. The summed E-state index contributed by atoms with van der Waals surface area (Å²) in [6.07, 6.45) is -2.85. The van der Waals surface area contributed by atoms with Crippen molar-refractivity contribution in [3.05, 3.63) is 89.6 Å². The van der Waals surface area contributed by atoms with Gasteiger partial charge in [0.2, 0.25) is 5.91 Å². The first-order valence-electron chi connectivity index (χ1n) is 12.0. The maximum absolute atomic E-state index is 13.4. The summed E-state index contributed by atoms with van der Waals surface area (Å²) < 4.78 is 64.4. The van der Waals surface area contributed by atoms with Gasteiger partial charge in [0, 0.05) is 26.3 Å². The van der Waals surface area contributed by atoms with Crippen LogP contribution in [0.1, 0.15) is 30.2 Å². The first kappa shape index (κ1) is 28.7. The zero-order valence-electron chi connectivity index (χ0n) is 20.8. The highest BCUT2D eigenvalue weighted by molar-refractivity contribution is 5.93. The van der Waals surface area contributed by atoms with E-state index >= 15 is 0 Å². The van der Waals surface area contributed by atoms with Gasteiger partial charge in [0.15, 0.2) is 0 Å². The highest BCUT2D eigenvalue weighted by Crippen LogP contribution is 2.34. The normalized spacial score (nSPS) is 11.3. The Morgan fingerprint density at radius 2 is 1.71 bits per heavy atom. The molecule has 0 fully saturated rings. The van der Waals surface area contributed by atoms with E-state index in [4.69, 9.17) is 9.15 Å². The SMILES string of the molecule is CCOCCCN(CC(=O)N(Cc1ccc(F)cc1)Cc1ccco1)C(=O)Nc1ccccc1C(F)(F)F. The fourth-order valence-electron chi connectivity index (χ4n) is 3.68. The van der Waals surface area contributed by atoms with Crippen LogP contribution < -0.4 is 5.32 Å². The zero-order valence-corrected chi connectivity index (χ0v) is 20.8. The quantitative estimate of drug-likeness (QED) is 0.231. The first-order chi connectivity index (χ1) is 18.2. The molecular formula is C27H29F4N3O4. The number of halogens is 4. The second-order valence-electron chi connectivity index (χ2n) is 8.40. The second kappa shape index (κ2) is 13.6. The molecule has 1 heterocycles. The Morgan fingerprint density at radius 1 is 0.974 bits per heavy atom. The van der Waals surface area contributed by atoms with Gasteiger partial charge in [-0.1, -0.05) is 24.3 Å². The molecule has 0 radical (unpaired) electrons. The fourth-order valence-corrected chi connectivity index (χ4v) is 3.68. The summed E-state index contributed by atoms with van der Waals surface area (Å²) in [5, 5.41) is 2.30. The molecule has 2 aromatic carbocycles. The third-order valence-corrected chi connectivity index (χ3v) is 5.57. The van der Waals surface area contributed by atoms with Crippen LogP contribution in [0.5, 0.6) is 0 Å². The molecule has 0 aliphatic heterocycles. The Hall–Kier alpha value is -3.86. The Balaban J connectivity index is 1.80. The van der Waals surface area contributed by atoms with E-state index in [9.17, 15) is 27.2 Å². The molecule has 0 aliphatic rings. The number of ether oxygens (including phenoxy) is 1. The highest BCUT2D eigenvalue weighted by atomic mass is 19.4. The molecule has 11 heteroatoms. The zero-order chi connectivity index (χ0) is 27.5. The Morgan fingerprint density at radius 3 is 2.37 bits per heavy atom. The number of carbonyl (C=O) groups excluding carboxylic acids is 2. The number of hydrogen-bond donors (Lipinski definition) is 1. The number of amides is 3. The van der Waals surface area contributed by atoms with Gasteiger partial charge in [0.25, 0.3) is 0 Å². The van der Waals surface area contributed by atoms with Crippen LogP contribution in [-0.4, -0.2) is 48.0 Å². The summed E-state index contributed by atoms with van der Waals surface area (Å²) in [5.41, 5.74) is -0.756. The summed E-state index contributed by atoms with van der Waals surface area (Å²) in [6, 6.07) is 12.8. The largest absolute Gasteiger partial charge is 0.467 e. The van der Waals surface area contributed by atoms with Crippen molar-refractivity contribution in [2.45, 2.75) is 32.6 Å². The van der Waals surface area contributed by atoms with Crippen molar-refractivity contribution in [3.63, 3.8) is 0 Å². The van der Waals surface area contributed by atoms with Crippen LogP contribution in [0.3, 0.4) is 0 Å². The molecular weight excluding hydrogens is 506 g/mol. The van der Waals surface area contributed by atoms with Gasteiger partial charge in [-0.25, -0.2) is 9.18 Å². The van der Waals surface area contributed by atoms with Crippen LogP contribution in [0.4, 0.5) is 28.0 Å². The number of anilines is 1. The Labute approximate surface area is 218 Å². The van der Waals surface area contributed by atoms with Crippen LogP contribution in [0, 0.1) is 5.82 Å². The number of hydrogen-bond acceptors (Lipinski definition) is 4. The minimum Gasteiger partial charge on any atom is -0.467 e. The predicted molar refractivity (Wildman–Crippen MR) is 133 cm³/mol. The van der Waals surface area contributed by atoms with Crippen molar-refractivity contribution in [3.8, 4) is 0 Å². The van der Waals surface area contributed by atoms with Crippen molar-refractivity contribution in [1.29, 1.82) is 0 Å². The number of rotatable bonds is 12. The van der Waals surface area contributed by atoms with Gasteiger partial charge in [0.1, 0.15) is 18.1 Å². The lowest BCUT2D eigenvalue weighted by atomic mass is 10.1. The molecule has 0 spiro atoms. The maximum Gasteiger partial charge on any atom is 0.418 e. The smallest absolute Gasteiger partial charge is 0.418 e. The van der Waals surface area contributed by atoms with Gasteiger partial charge in [-0.3, -0.25) is 4.79 Å². The maximum atomic E-state index is 13.4. The molecule has 1 aromatic heterocycles. The third kappa shape index (κ3) is 8.62. The number of furan rings is 1. The molecule has 0 bridgehead atoms. The molecule has 38 heavy (non-hydrogen) atoms. The fraction of sp³-hybridized carbons (Fsp3) is 0.333. The topological polar surface area (TPSA) is 75.0 Å². The number of carbonyl (C=O) groups is 2. The molecule has 0 unspecified atom stereocenters. The molecule has 3 rings (SSSR count). The summed E-state index contributed by atoms with van der Waals surface area (Å²) in [5.74, 6) is -0.401. The average molecular weight is 536 g/mol. The van der Waals surface area contributed by atoms with E-state index in [0.29, 0.717) is 31.0 Å². The number of para-hydroxylation sites is 1. The van der Waals surface area contributed by atoms with Gasteiger partial charge < -0.3 is 24.3 Å². The molecule has 204 valence electrons. The van der Waals surface area contributed by atoms with Crippen LogP contribution >= 0.6 is 0 Å². The average Bonchev–Trinajstić information content (AvgIpc) is 3.39. The minimum atomic E-state index is -4.67. The van der Waals surface area contributed by atoms with Gasteiger partial charge in [0.05, 0.1) is 24.1 Å². The van der Waals surface area contributed by atoms with Crippen LogP contribution in [0.15, 0.2) is 71.3 Å². The lowest BCUT2D eigenvalue weighted by Gasteiger charge is -2.28. The monoisotopic (exact) mass is 535 g/mol. The first-order valence-corrected chi connectivity index (χ1v) is 12.0. The van der Waals surface area contributed by atoms with E-state index in [1.165, 1.54) is 35.4 Å². The third-order valence-electron chi connectivity index (χ3n) is 5.57. The van der Waals surface area contributed by atoms with Crippen molar-refractivity contribution in [2.24, 2.45) is 0 Å². The van der Waals surface area contributed by atoms with Crippen molar-refractivity contribution < 1.29 is 36.3 Å². The molecule has 0 saturated carbocycles. The lowest BCUT2D eigenvalue weighted by Crippen LogP contribution is -2.44. The predicted octanol–water partition coefficient (Wildman–Crippen LogP) is 5.93. The summed E-state index contributed by atoms with van der Waals surface area (Å²) >= 11 is 0. The van der Waals surface area contributed by atoms with Gasteiger partial charge in [-0.2, -0.15) is 13.2 Å². The molecule has 1 N–H and O–H groups in total. The van der Waals surface area contributed by atoms with Gasteiger partial charge in [-0.15, -0.1) is 0 Å². The van der Waals surface area contributed by atoms with Gasteiger partial charge in [-0.05, 0) is 55.3 Å². The highest BCUT2D eigenvalue weighted by Gasteiger charge is 2.34. The summed E-state index contributed by atoms with van der Waals surface area (Å²) in [4.78, 5) is 29.1. The molecule has 0 atom stereocenters. The number of alkyl halides is 3. The Bertz CT molecular complexity index is 1170. The van der Waals surface area contributed by atoms with E-state index in [2.05, 4.69) is 5.32 Å². The molecule has 0 aliphatic carbocycles. The van der Waals surface area contributed by atoms with Crippen molar-refractivity contribution in [2.75, 3.05) is 31.6 Å². The molecule has 3 amide bonds. The number of nitrogens with zero attached hydrogens (tertiary/aromatic N) is 2. The van der Waals surface area contributed by atoms with Crippen molar-refractivity contribution in [1.82, 2.24) is 9.80 Å². The van der Waals surface area contributed by atoms with E-state index in [0.717, 1.165) is 17.0 Å². The van der Waals surface area contributed by atoms with Crippen molar-refractivity contribution >= 4 is 17.6 Å².